The molecule has 2 atom stereocenters. The normalized spacial score (nSPS) is 16.8. The monoisotopic (exact) mass is 146 g/mol. The molecule has 2 nitrogen and oxygen atoms in total. The predicted molar refractivity (Wildman–Crippen MR) is 41.7 cm³/mol. The third kappa shape index (κ3) is 2.67. The van der Waals surface area contributed by atoms with Crippen LogP contribution in [0.1, 0.15) is 26.7 Å². The van der Waals surface area contributed by atoms with Crippen molar-refractivity contribution in [2.45, 2.75) is 26.7 Å². The fraction of sp³-hybridized carbons (Fsp3) is 1.00. The van der Waals surface area contributed by atoms with E-state index < -0.39 is 0 Å². The summed E-state index contributed by atoms with van der Waals surface area (Å²) in [6, 6.07) is 0. The van der Waals surface area contributed by atoms with E-state index >= 15 is 0 Å². The van der Waals surface area contributed by atoms with Gasteiger partial charge in [0.1, 0.15) is 0 Å². The van der Waals surface area contributed by atoms with Crippen LogP contribution in [-0.4, -0.2) is 23.4 Å². The molecule has 0 fully saturated rings. The van der Waals surface area contributed by atoms with E-state index in [2.05, 4.69) is 0 Å². The molecule has 10 heavy (non-hydrogen) atoms. The zero-order valence-corrected chi connectivity index (χ0v) is 6.88. The Labute approximate surface area is 62.9 Å². The molecule has 0 aromatic heterocycles. The number of aliphatic hydroxyl groups excluding tert-OH is 2. The van der Waals surface area contributed by atoms with Crippen molar-refractivity contribution in [3.8, 4) is 0 Å². The smallest absolute Gasteiger partial charge is 0.0462 e. The van der Waals surface area contributed by atoms with Crippen molar-refractivity contribution in [3.63, 3.8) is 0 Å². The lowest BCUT2D eigenvalue weighted by Crippen LogP contribution is -2.20. The van der Waals surface area contributed by atoms with Gasteiger partial charge in [0.15, 0.2) is 0 Å². The van der Waals surface area contributed by atoms with Gasteiger partial charge in [-0.15, -0.1) is 0 Å². The molecule has 0 bridgehead atoms. The summed E-state index contributed by atoms with van der Waals surface area (Å²) in [5, 5.41) is 17.7. The highest BCUT2D eigenvalue weighted by Crippen LogP contribution is 2.17. The average Bonchev–Trinajstić information content (AvgIpc) is 2.00. The minimum Gasteiger partial charge on any atom is -0.396 e. The maximum atomic E-state index is 8.85. The molecular weight excluding hydrogens is 128 g/mol. The molecule has 2 heteroatoms. The minimum atomic E-state index is 0.204. The zero-order chi connectivity index (χ0) is 7.98. The Morgan fingerprint density at radius 2 is 1.20 bits per heavy atom. The molecule has 0 saturated carbocycles. The van der Waals surface area contributed by atoms with Gasteiger partial charge in [0, 0.05) is 13.2 Å². The van der Waals surface area contributed by atoms with Crippen molar-refractivity contribution < 1.29 is 10.2 Å². The summed E-state index contributed by atoms with van der Waals surface area (Å²) in [6.07, 6.45) is 1.91. The molecular formula is C8H18O2. The van der Waals surface area contributed by atoms with Crippen LogP contribution >= 0.6 is 0 Å². The topological polar surface area (TPSA) is 40.5 Å². The highest BCUT2D eigenvalue weighted by atomic mass is 16.3. The summed E-state index contributed by atoms with van der Waals surface area (Å²) in [5.41, 5.74) is 0. The number of hydrogen-bond donors (Lipinski definition) is 2. The summed E-state index contributed by atoms with van der Waals surface area (Å²) >= 11 is 0. The molecule has 2 unspecified atom stereocenters. The second kappa shape index (κ2) is 5.69. The van der Waals surface area contributed by atoms with E-state index in [1.807, 2.05) is 13.8 Å². The molecule has 0 radical (unpaired) electrons. The summed E-state index contributed by atoms with van der Waals surface area (Å²) in [5.74, 6) is 0.574. The lowest BCUT2D eigenvalue weighted by Gasteiger charge is -2.20. The Balaban J connectivity index is 3.70. The van der Waals surface area contributed by atoms with E-state index in [0.29, 0.717) is 0 Å². The lowest BCUT2D eigenvalue weighted by molar-refractivity contribution is 0.114. The average molecular weight is 146 g/mol. The molecule has 0 aromatic carbocycles. The van der Waals surface area contributed by atoms with Gasteiger partial charge in [-0.1, -0.05) is 26.7 Å². The highest BCUT2D eigenvalue weighted by Gasteiger charge is 2.15. The molecule has 2 N–H and O–H groups in total. The van der Waals surface area contributed by atoms with E-state index in [1.54, 1.807) is 0 Å². The second-order valence-corrected chi connectivity index (χ2v) is 2.70. The van der Waals surface area contributed by atoms with Crippen molar-refractivity contribution >= 4 is 0 Å². The van der Waals surface area contributed by atoms with Crippen LogP contribution in [0.3, 0.4) is 0 Å². The molecule has 0 heterocycles. The van der Waals surface area contributed by atoms with Crippen LogP contribution in [0.15, 0.2) is 0 Å². The number of rotatable bonds is 5. The van der Waals surface area contributed by atoms with Gasteiger partial charge >= 0.3 is 0 Å². The first-order valence-electron chi connectivity index (χ1n) is 4.01. The Hall–Kier alpha value is -0.0800. The molecule has 0 rings (SSSR count). The number of aliphatic hydroxyl groups is 2. The van der Waals surface area contributed by atoms with Gasteiger partial charge in [-0.05, 0) is 11.8 Å². The first-order chi connectivity index (χ1) is 4.79. The standard InChI is InChI=1S/C8H18O2/c1-3-7(5-9)8(4-2)6-10/h7-10H,3-6H2,1-2H3. The van der Waals surface area contributed by atoms with Crippen molar-refractivity contribution in [2.24, 2.45) is 11.8 Å². The second-order valence-electron chi connectivity index (χ2n) is 2.70. The van der Waals surface area contributed by atoms with Crippen molar-refractivity contribution in [3.05, 3.63) is 0 Å². The Morgan fingerprint density at radius 1 is 0.900 bits per heavy atom. The third-order valence-electron chi connectivity index (χ3n) is 2.18. The van der Waals surface area contributed by atoms with E-state index in [-0.39, 0.29) is 25.0 Å². The van der Waals surface area contributed by atoms with Crippen LogP contribution in [-0.2, 0) is 0 Å². The van der Waals surface area contributed by atoms with Crippen LogP contribution in [0.4, 0.5) is 0 Å². The maximum Gasteiger partial charge on any atom is 0.0462 e. The lowest BCUT2D eigenvalue weighted by atomic mass is 9.89. The molecule has 0 amide bonds. The van der Waals surface area contributed by atoms with E-state index in [0.717, 1.165) is 12.8 Å². The quantitative estimate of drug-likeness (QED) is 0.608. The highest BCUT2D eigenvalue weighted by molar-refractivity contribution is 4.65. The van der Waals surface area contributed by atoms with Gasteiger partial charge in [0.05, 0.1) is 0 Å². The Bertz CT molecular complexity index is 55.7. The summed E-state index contributed by atoms with van der Waals surface area (Å²) in [6.45, 7) is 4.49. The van der Waals surface area contributed by atoms with Crippen molar-refractivity contribution in [2.75, 3.05) is 13.2 Å². The van der Waals surface area contributed by atoms with Gasteiger partial charge in [0.25, 0.3) is 0 Å². The number of hydrogen-bond acceptors (Lipinski definition) is 2. The van der Waals surface area contributed by atoms with Crippen molar-refractivity contribution in [1.82, 2.24) is 0 Å². The van der Waals surface area contributed by atoms with Gasteiger partial charge in [-0.3, -0.25) is 0 Å². The molecule has 0 aliphatic heterocycles. The van der Waals surface area contributed by atoms with Crippen LogP contribution in [0.25, 0.3) is 0 Å². The predicted octanol–water partition coefficient (Wildman–Crippen LogP) is 1.02. The van der Waals surface area contributed by atoms with Gasteiger partial charge < -0.3 is 10.2 Å². The van der Waals surface area contributed by atoms with E-state index in [9.17, 15) is 0 Å². The zero-order valence-electron chi connectivity index (χ0n) is 6.88. The largest absolute Gasteiger partial charge is 0.396 e. The molecule has 0 aliphatic carbocycles. The SMILES string of the molecule is CCC(CO)C(CC)CO. The molecule has 0 spiro atoms. The van der Waals surface area contributed by atoms with Gasteiger partial charge in [-0.25, -0.2) is 0 Å². The first-order valence-corrected chi connectivity index (χ1v) is 4.01. The molecule has 0 saturated heterocycles. The van der Waals surface area contributed by atoms with Crippen LogP contribution < -0.4 is 0 Å². The maximum absolute atomic E-state index is 8.85. The fourth-order valence-corrected chi connectivity index (χ4v) is 1.22. The van der Waals surface area contributed by atoms with E-state index in [4.69, 9.17) is 10.2 Å². The molecule has 62 valence electrons. The van der Waals surface area contributed by atoms with E-state index in [1.165, 1.54) is 0 Å². The summed E-state index contributed by atoms with van der Waals surface area (Å²) < 4.78 is 0. The van der Waals surface area contributed by atoms with Crippen LogP contribution in [0, 0.1) is 11.8 Å². The molecule has 0 aromatic rings. The van der Waals surface area contributed by atoms with Gasteiger partial charge in [0.2, 0.25) is 0 Å². The molecule has 0 aliphatic rings. The fourth-order valence-electron chi connectivity index (χ4n) is 1.22. The summed E-state index contributed by atoms with van der Waals surface area (Å²) in [4.78, 5) is 0. The minimum absolute atomic E-state index is 0.204. The van der Waals surface area contributed by atoms with Crippen molar-refractivity contribution in [1.29, 1.82) is 0 Å². The van der Waals surface area contributed by atoms with Crippen LogP contribution in [0.2, 0.25) is 0 Å². The third-order valence-corrected chi connectivity index (χ3v) is 2.18. The Morgan fingerprint density at radius 3 is 1.30 bits per heavy atom. The summed E-state index contributed by atoms with van der Waals surface area (Å²) in [7, 11) is 0. The van der Waals surface area contributed by atoms with Gasteiger partial charge in [-0.2, -0.15) is 0 Å². The Kier molecular flexibility index (Phi) is 5.64. The first kappa shape index (κ1) is 9.92. The van der Waals surface area contributed by atoms with Crippen LogP contribution in [0.5, 0.6) is 0 Å².